The molecule has 2 aliphatic carbocycles. The maximum atomic E-state index is 11.6. The molecule has 4 rings (SSSR count). The van der Waals surface area contributed by atoms with Crippen molar-refractivity contribution in [2.75, 3.05) is 7.11 Å². The lowest BCUT2D eigenvalue weighted by Crippen LogP contribution is -2.21. The van der Waals surface area contributed by atoms with Gasteiger partial charge in [0.05, 0.1) is 12.0 Å². The van der Waals surface area contributed by atoms with Gasteiger partial charge in [0.2, 0.25) is 0 Å². The molecule has 0 aliphatic heterocycles. The first-order valence-electron chi connectivity index (χ1n) is 11.0. The first kappa shape index (κ1) is 22.3. The Morgan fingerprint density at radius 2 is 2.03 bits per heavy atom. The molecular weight excluding hydrogens is 456 g/mol. The second-order valence-electron chi connectivity index (χ2n) is 10.0. The van der Waals surface area contributed by atoms with Gasteiger partial charge in [-0.25, -0.2) is 0 Å². The van der Waals surface area contributed by atoms with Crippen molar-refractivity contribution in [3.63, 3.8) is 0 Å². The number of aryl methyl sites for hydroxylation is 1. The summed E-state index contributed by atoms with van der Waals surface area (Å²) in [5.74, 6) is -0.119. The van der Waals surface area contributed by atoms with Crippen molar-refractivity contribution < 1.29 is 19.4 Å². The minimum atomic E-state index is -0.673. The zero-order valence-corrected chi connectivity index (χ0v) is 20.3. The molecule has 31 heavy (non-hydrogen) atoms. The van der Waals surface area contributed by atoms with Crippen LogP contribution < -0.4 is 4.74 Å². The van der Waals surface area contributed by atoms with E-state index in [9.17, 15) is 9.90 Å². The molecule has 1 spiro atoms. The summed E-state index contributed by atoms with van der Waals surface area (Å²) in [6.07, 6.45) is 3.76. The molecule has 0 heterocycles. The van der Waals surface area contributed by atoms with Crippen LogP contribution in [0.25, 0.3) is 0 Å². The Labute approximate surface area is 193 Å². The summed E-state index contributed by atoms with van der Waals surface area (Å²) in [6.45, 7) is 6.96. The predicted octanol–water partition coefficient (Wildman–Crippen LogP) is 6.44. The summed E-state index contributed by atoms with van der Waals surface area (Å²) in [6, 6.07) is 12.5. The van der Waals surface area contributed by atoms with E-state index >= 15 is 0 Å². The lowest BCUT2D eigenvalue weighted by molar-refractivity contribution is -0.139. The van der Waals surface area contributed by atoms with Crippen LogP contribution in [0.4, 0.5) is 0 Å². The van der Waals surface area contributed by atoms with Crippen LogP contribution in [0.1, 0.15) is 68.4 Å². The third-order valence-corrected chi connectivity index (χ3v) is 7.55. The Morgan fingerprint density at radius 1 is 1.26 bits per heavy atom. The van der Waals surface area contributed by atoms with Crippen LogP contribution in [0.5, 0.6) is 5.75 Å². The number of hydrogen-bond acceptors (Lipinski definition) is 3. The summed E-state index contributed by atoms with van der Waals surface area (Å²) in [5.41, 5.74) is 4.44. The van der Waals surface area contributed by atoms with E-state index in [1.807, 2.05) is 6.07 Å². The van der Waals surface area contributed by atoms with Gasteiger partial charge in [-0.15, -0.1) is 0 Å². The van der Waals surface area contributed by atoms with E-state index in [-0.39, 0.29) is 22.9 Å². The number of hydrogen-bond donors (Lipinski definition) is 1. The monoisotopic (exact) mass is 486 g/mol. The van der Waals surface area contributed by atoms with Crippen LogP contribution in [0, 0.1) is 11.3 Å². The van der Waals surface area contributed by atoms with Gasteiger partial charge in [-0.1, -0.05) is 48.8 Å². The molecule has 1 N–H and O–H groups in total. The molecule has 166 valence electrons. The van der Waals surface area contributed by atoms with E-state index in [0.29, 0.717) is 6.61 Å². The standard InChI is InChI=1S/C26H31BrO4/c1-25(2,3)23(30-4)19-12-16(7-10-22(19)27)15-31-18-9-8-17-6-5-11-26(20(17)13-18)14-21(26)24(28)29/h7-10,12-13,21,23H,5-6,11,14-15H2,1-4H3,(H,28,29)/t21?,23-,26-/m0/s1. The van der Waals surface area contributed by atoms with E-state index in [4.69, 9.17) is 9.47 Å². The summed E-state index contributed by atoms with van der Waals surface area (Å²) >= 11 is 3.67. The Hall–Kier alpha value is -1.85. The number of halogens is 1. The Morgan fingerprint density at radius 3 is 2.68 bits per heavy atom. The summed E-state index contributed by atoms with van der Waals surface area (Å²) in [4.78, 5) is 11.6. The molecule has 0 bridgehead atoms. The Balaban J connectivity index is 1.54. The predicted molar refractivity (Wildman–Crippen MR) is 124 cm³/mol. The Kier molecular flexibility index (Phi) is 5.95. The van der Waals surface area contributed by atoms with E-state index in [1.165, 1.54) is 11.1 Å². The minimum Gasteiger partial charge on any atom is -0.489 e. The number of fused-ring (bicyclic) bond motifs is 2. The molecule has 0 amide bonds. The molecule has 0 aromatic heterocycles. The average molecular weight is 487 g/mol. The van der Waals surface area contributed by atoms with Gasteiger partial charge >= 0.3 is 5.97 Å². The Bertz CT molecular complexity index is 993. The number of aliphatic carboxylic acids is 1. The smallest absolute Gasteiger partial charge is 0.307 e. The summed E-state index contributed by atoms with van der Waals surface area (Å²) in [7, 11) is 1.75. The van der Waals surface area contributed by atoms with Crippen molar-refractivity contribution in [1.82, 2.24) is 0 Å². The first-order valence-corrected chi connectivity index (χ1v) is 11.7. The second kappa shape index (κ2) is 8.25. The highest BCUT2D eigenvalue weighted by Crippen LogP contribution is 2.60. The topological polar surface area (TPSA) is 55.8 Å². The van der Waals surface area contributed by atoms with Gasteiger partial charge in [0.25, 0.3) is 0 Å². The lowest BCUT2D eigenvalue weighted by atomic mass is 9.78. The maximum Gasteiger partial charge on any atom is 0.307 e. The normalized spacial score (nSPS) is 23.3. The lowest BCUT2D eigenvalue weighted by Gasteiger charge is -2.30. The third kappa shape index (κ3) is 4.27. The van der Waals surface area contributed by atoms with Crippen LogP contribution in [0.3, 0.4) is 0 Å². The van der Waals surface area contributed by atoms with E-state index in [1.54, 1.807) is 7.11 Å². The van der Waals surface area contributed by atoms with Crippen molar-refractivity contribution in [2.24, 2.45) is 11.3 Å². The highest BCUT2D eigenvalue weighted by Gasteiger charge is 2.60. The molecule has 1 unspecified atom stereocenters. The van der Waals surface area contributed by atoms with E-state index in [0.717, 1.165) is 47.0 Å². The van der Waals surface area contributed by atoms with Crippen LogP contribution >= 0.6 is 15.9 Å². The number of carbonyl (C=O) groups is 1. The zero-order chi connectivity index (χ0) is 22.4. The number of ether oxygens (including phenoxy) is 2. The molecule has 1 fully saturated rings. The number of rotatable bonds is 6. The van der Waals surface area contributed by atoms with Crippen LogP contribution in [-0.4, -0.2) is 18.2 Å². The molecule has 0 radical (unpaired) electrons. The second-order valence-corrected chi connectivity index (χ2v) is 10.9. The van der Waals surface area contributed by atoms with Gasteiger partial charge in [0.1, 0.15) is 12.4 Å². The van der Waals surface area contributed by atoms with Gasteiger partial charge < -0.3 is 14.6 Å². The highest BCUT2D eigenvalue weighted by molar-refractivity contribution is 9.10. The molecule has 1 saturated carbocycles. The van der Waals surface area contributed by atoms with Crippen molar-refractivity contribution in [3.05, 3.63) is 63.1 Å². The van der Waals surface area contributed by atoms with Gasteiger partial charge in [0.15, 0.2) is 0 Å². The molecule has 2 aromatic rings. The van der Waals surface area contributed by atoms with Gasteiger partial charge in [0, 0.05) is 17.0 Å². The molecule has 2 aromatic carbocycles. The first-order chi connectivity index (χ1) is 14.7. The van der Waals surface area contributed by atoms with Crippen molar-refractivity contribution in [2.45, 2.75) is 64.6 Å². The van der Waals surface area contributed by atoms with Crippen LogP contribution in [0.15, 0.2) is 40.9 Å². The molecule has 0 saturated heterocycles. The highest BCUT2D eigenvalue weighted by atomic mass is 79.9. The number of benzene rings is 2. The fraction of sp³-hybridized carbons (Fsp3) is 0.500. The average Bonchev–Trinajstić information content (AvgIpc) is 3.43. The van der Waals surface area contributed by atoms with Gasteiger partial charge in [-0.3, -0.25) is 4.79 Å². The van der Waals surface area contributed by atoms with Crippen molar-refractivity contribution in [3.8, 4) is 5.75 Å². The summed E-state index contributed by atoms with van der Waals surface area (Å²) < 4.78 is 13.0. The molecule has 4 nitrogen and oxygen atoms in total. The fourth-order valence-corrected chi connectivity index (χ4v) is 5.71. The van der Waals surface area contributed by atoms with Crippen molar-refractivity contribution in [1.29, 1.82) is 0 Å². The fourth-order valence-electron chi connectivity index (χ4n) is 5.26. The van der Waals surface area contributed by atoms with Crippen LogP contribution in [-0.2, 0) is 28.0 Å². The number of methoxy groups -OCH3 is 1. The van der Waals surface area contributed by atoms with Crippen molar-refractivity contribution >= 4 is 21.9 Å². The quantitative estimate of drug-likeness (QED) is 0.510. The minimum absolute atomic E-state index is 0.0332. The van der Waals surface area contributed by atoms with E-state index < -0.39 is 5.97 Å². The SMILES string of the molecule is CO[C@@H](c1cc(COc2ccc3c(c2)[C@]2(CCC3)CC2C(=O)O)ccc1Br)C(C)(C)C. The number of carboxylic acids is 1. The maximum absolute atomic E-state index is 11.6. The van der Waals surface area contributed by atoms with Crippen LogP contribution in [0.2, 0.25) is 0 Å². The largest absolute Gasteiger partial charge is 0.489 e. The third-order valence-electron chi connectivity index (χ3n) is 6.83. The molecule has 5 heteroatoms. The zero-order valence-electron chi connectivity index (χ0n) is 18.7. The van der Waals surface area contributed by atoms with E-state index in [2.05, 4.69) is 67.0 Å². The molecule has 2 aliphatic rings. The number of carboxylic acid groups (broad SMARTS) is 1. The summed E-state index contributed by atoms with van der Waals surface area (Å²) in [5, 5.41) is 9.54. The van der Waals surface area contributed by atoms with Gasteiger partial charge in [-0.05, 0) is 77.6 Å². The van der Waals surface area contributed by atoms with Gasteiger partial charge in [-0.2, -0.15) is 0 Å². The molecule has 3 atom stereocenters. The molecular formula is C26H31BrO4.